The van der Waals surface area contributed by atoms with Gasteiger partial charge in [-0.05, 0) is 26.7 Å². The van der Waals surface area contributed by atoms with Crippen molar-refractivity contribution in [3.8, 4) is 0 Å². The Morgan fingerprint density at radius 1 is 1.26 bits per heavy atom. The van der Waals surface area contributed by atoms with Gasteiger partial charge in [-0.1, -0.05) is 12.1 Å². The van der Waals surface area contributed by atoms with Crippen molar-refractivity contribution in [2.45, 2.75) is 83.5 Å². The lowest BCUT2D eigenvalue weighted by atomic mass is 9.72. The average Bonchev–Trinajstić information content (AvgIpc) is 3.37. The fourth-order valence-corrected chi connectivity index (χ4v) is 6.85. The van der Waals surface area contributed by atoms with E-state index >= 15 is 0 Å². The number of hydrogen-bond donors (Lipinski definition) is 4. The summed E-state index contributed by atoms with van der Waals surface area (Å²) in [5, 5.41) is 16.9. The van der Waals surface area contributed by atoms with Crippen molar-refractivity contribution in [2.75, 3.05) is 16.8 Å². The van der Waals surface area contributed by atoms with Crippen molar-refractivity contribution in [3.63, 3.8) is 0 Å². The normalized spacial score (nSPS) is 24.4. The third-order valence-corrected chi connectivity index (χ3v) is 9.02. The molecule has 1 spiro atoms. The first-order valence-corrected chi connectivity index (χ1v) is 14.0. The number of pyridine rings is 1. The maximum absolute atomic E-state index is 11.7. The number of fused-ring (bicyclic) bond motifs is 1. The number of nitrogens with one attached hydrogen (secondary N) is 2. The lowest BCUT2D eigenvalue weighted by Gasteiger charge is -2.42. The number of oxime groups is 1. The van der Waals surface area contributed by atoms with Crippen LogP contribution in [0.4, 0.5) is 5.69 Å². The quantitative estimate of drug-likeness (QED) is 0.486. The summed E-state index contributed by atoms with van der Waals surface area (Å²) in [7, 11) is -2.45. The Hall–Kier alpha value is -2.37. The molecule has 1 saturated carbocycles. The SMILES string of the molecule is CCC(=O)NC1CC2(CC(c3cnc4c(c(C)nn4CC)c3NC3CCS(O)(O)CC3)=NO2)C1. The fourth-order valence-electron chi connectivity index (χ4n) is 5.32. The van der Waals surface area contributed by atoms with Crippen LogP contribution in [0.2, 0.25) is 0 Å². The van der Waals surface area contributed by atoms with Gasteiger partial charge in [0.25, 0.3) is 0 Å². The van der Waals surface area contributed by atoms with Crippen LogP contribution in [0.15, 0.2) is 11.4 Å². The van der Waals surface area contributed by atoms with Gasteiger partial charge >= 0.3 is 0 Å². The van der Waals surface area contributed by atoms with Gasteiger partial charge in [-0.3, -0.25) is 13.9 Å². The summed E-state index contributed by atoms with van der Waals surface area (Å²) in [5.41, 5.74) is 4.06. The fraction of sp³-hybridized carbons (Fsp3) is 0.652. The Bertz CT molecular complexity index is 1130. The summed E-state index contributed by atoms with van der Waals surface area (Å²) in [6.45, 7) is 6.61. The minimum Gasteiger partial charge on any atom is -0.388 e. The number of carbonyl (C=O) groups excluding carboxylic acids is 1. The van der Waals surface area contributed by atoms with Crippen LogP contribution in [-0.4, -0.2) is 64.7 Å². The lowest BCUT2D eigenvalue weighted by molar-refractivity contribution is -0.128. The highest BCUT2D eigenvalue weighted by molar-refractivity contribution is 8.24. The molecule has 2 fully saturated rings. The van der Waals surface area contributed by atoms with Crippen molar-refractivity contribution < 1.29 is 18.7 Å². The monoisotopic (exact) mass is 490 g/mol. The van der Waals surface area contributed by atoms with E-state index in [0.717, 1.165) is 53.1 Å². The molecule has 5 rings (SSSR count). The zero-order chi connectivity index (χ0) is 24.1. The summed E-state index contributed by atoms with van der Waals surface area (Å²) in [6, 6.07) is 0.259. The van der Waals surface area contributed by atoms with E-state index < -0.39 is 10.6 Å². The van der Waals surface area contributed by atoms with E-state index in [-0.39, 0.29) is 23.6 Å². The Morgan fingerprint density at radius 3 is 2.68 bits per heavy atom. The smallest absolute Gasteiger partial charge is 0.219 e. The molecule has 34 heavy (non-hydrogen) atoms. The second-order valence-electron chi connectivity index (χ2n) is 9.79. The first kappa shape index (κ1) is 23.4. The third kappa shape index (κ3) is 4.25. The number of hydrogen-bond acceptors (Lipinski definition) is 8. The Kier molecular flexibility index (Phi) is 5.97. The molecule has 3 aliphatic rings. The Labute approximate surface area is 200 Å². The number of aryl methyl sites for hydroxylation is 2. The molecule has 0 unspecified atom stereocenters. The van der Waals surface area contributed by atoms with Crippen LogP contribution < -0.4 is 10.6 Å². The molecular weight excluding hydrogens is 456 g/mol. The van der Waals surface area contributed by atoms with Gasteiger partial charge in [0.2, 0.25) is 5.91 Å². The Morgan fingerprint density at radius 2 is 2.00 bits per heavy atom. The number of amides is 1. The second-order valence-corrected chi connectivity index (χ2v) is 12.2. The van der Waals surface area contributed by atoms with Crippen LogP contribution in [0.3, 0.4) is 0 Å². The van der Waals surface area contributed by atoms with Gasteiger partial charge in [0.1, 0.15) is 5.60 Å². The van der Waals surface area contributed by atoms with Crippen molar-refractivity contribution in [1.29, 1.82) is 0 Å². The molecular formula is C23H34N6O4S. The zero-order valence-corrected chi connectivity index (χ0v) is 20.8. The molecule has 4 N–H and O–H groups in total. The maximum atomic E-state index is 11.7. The zero-order valence-electron chi connectivity index (χ0n) is 20.0. The van der Waals surface area contributed by atoms with Gasteiger partial charge in [0.15, 0.2) is 5.65 Å². The van der Waals surface area contributed by atoms with Crippen molar-refractivity contribution in [3.05, 3.63) is 17.5 Å². The molecule has 0 radical (unpaired) electrons. The van der Waals surface area contributed by atoms with E-state index in [9.17, 15) is 13.9 Å². The molecule has 1 aliphatic carbocycles. The van der Waals surface area contributed by atoms with E-state index in [1.807, 2.05) is 31.6 Å². The number of aromatic nitrogens is 3. The first-order chi connectivity index (χ1) is 16.2. The molecule has 2 aromatic rings. The van der Waals surface area contributed by atoms with Gasteiger partial charge in [-0.2, -0.15) is 15.7 Å². The van der Waals surface area contributed by atoms with Gasteiger partial charge in [-0.25, -0.2) is 9.67 Å². The number of carbonyl (C=O) groups is 1. The molecule has 2 aliphatic heterocycles. The number of rotatable bonds is 6. The standard InChI is InChI=1S/C23H34N6O4S/c1-4-19(30)25-16-10-23(11-16)12-18(28-33-23)17-13-24-22-20(14(3)27-29(22)5-2)21(17)26-15-6-8-34(31,32)9-7-15/h13,15-16,31-32H,4-12H2,1-3H3,(H,24,26)(H,25,30). The molecule has 11 heteroatoms. The highest BCUT2D eigenvalue weighted by Gasteiger charge is 2.51. The van der Waals surface area contributed by atoms with Gasteiger partial charge in [0.05, 0.1) is 22.5 Å². The average molecular weight is 491 g/mol. The highest BCUT2D eigenvalue weighted by Crippen LogP contribution is 2.46. The van der Waals surface area contributed by atoms with E-state index in [1.165, 1.54) is 0 Å². The van der Waals surface area contributed by atoms with Crippen LogP contribution in [-0.2, 0) is 16.2 Å². The van der Waals surface area contributed by atoms with Gasteiger partial charge < -0.3 is 15.5 Å². The first-order valence-electron chi connectivity index (χ1n) is 12.1. The molecule has 4 heterocycles. The van der Waals surface area contributed by atoms with E-state index in [0.29, 0.717) is 37.2 Å². The predicted molar refractivity (Wildman–Crippen MR) is 134 cm³/mol. The molecule has 1 amide bonds. The summed E-state index contributed by atoms with van der Waals surface area (Å²) in [6.07, 6.45) is 5.88. The van der Waals surface area contributed by atoms with Crippen LogP contribution in [0, 0.1) is 6.92 Å². The second kappa shape index (κ2) is 8.69. The lowest BCUT2D eigenvalue weighted by Crippen LogP contribution is -2.55. The molecule has 0 aromatic carbocycles. The molecule has 2 aromatic heterocycles. The summed E-state index contributed by atoms with van der Waals surface area (Å²) in [4.78, 5) is 22.4. The van der Waals surface area contributed by atoms with Crippen molar-refractivity contribution in [2.24, 2.45) is 5.16 Å². The van der Waals surface area contributed by atoms with E-state index in [2.05, 4.69) is 20.9 Å². The predicted octanol–water partition coefficient (Wildman–Crippen LogP) is 3.64. The van der Waals surface area contributed by atoms with Gasteiger partial charge in [-0.15, -0.1) is 0 Å². The van der Waals surface area contributed by atoms with Crippen LogP contribution in [0.5, 0.6) is 0 Å². The van der Waals surface area contributed by atoms with E-state index in [4.69, 9.17) is 9.82 Å². The van der Waals surface area contributed by atoms with Gasteiger partial charge in [0, 0.05) is 67.6 Å². The third-order valence-electron chi connectivity index (χ3n) is 7.24. The van der Waals surface area contributed by atoms with Crippen LogP contribution >= 0.6 is 10.6 Å². The number of anilines is 1. The van der Waals surface area contributed by atoms with Crippen LogP contribution in [0.1, 0.15) is 63.6 Å². The summed E-state index contributed by atoms with van der Waals surface area (Å²) >= 11 is 0. The molecule has 0 atom stereocenters. The van der Waals surface area contributed by atoms with E-state index in [1.54, 1.807) is 0 Å². The van der Waals surface area contributed by atoms with Crippen molar-refractivity contribution in [1.82, 2.24) is 20.1 Å². The minimum atomic E-state index is -2.45. The summed E-state index contributed by atoms with van der Waals surface area (Å²) < 4.78 is 22.0. The highest BCUT2D eigenvalue weighted by atomic mass is 32.3. The molecule has 186 valence electrons. The van der Waals surface area contributed by atoms with Crippen molar-refractivity contribution >= 4 is 38.9 Å². The molecule has 0 bridgehead atoms. The maximum Gasteiger partial charge on any atom is 0.219 e. The summed E-state index contributed by atoms with van der Waals surface area (Å²) in [5.74, 6) is 0.895. The van der Waals surface area contributed by atoms with Crippen LogP contribution in [0.25, 0.3) is 11.0 Å². The molecule has 10 nitrogen and oxygen atoms in total. The number of nitrogens with zero attached hydrogens (tertiary/aromatic N) is 4. The Balaban J connectivity index is 1.42. The minimum absolute atomic E-state index is 0.0626. The largest absolute Gasteiger partial charge is 0.388 e. The molecule has 1 saturated heterocycles. The topological polar surface area (TPSA) is 134 Å².